The Kier molecular flexibility index (Phi) is 3.90. The van der Waals surface area contributed by atoms with Gasteiger partial charge in [-0.25, -0.2) is 0 Å². The molecule has 0 radical (unpaired) electrons. The number of hydrogen-bond donors (Lipinski definition) is 2. The monoisotopic (exact) mass is 307 g/mol. The minimum atomic E-state index is -0.0729. The molecule has 0 saturated carbocycles. The second kappa shape index (κ2) is 5.88. The third kappa shape index (κ3) is 3.11. The van der Waals surface area contributed by atoms with Crippen LogP contribution in [0.4, 0.5) is 5.82 Å². The lowest BCUT2D eigenvalue weighted by Crippen LogP contribution is -2.18. The van der Waals surface area contributed by atoms with Gasteiger partial charge in [0.25, 0.3) is 0 Å². The summed E-state index contributed by atoms with van der Waals surface area (Å²) >= 11 is 0. The summed E-state index contributed by atoms with van der Waals surface area (Å²) in [5.41, 5.74) is 5.73. The number of benzene rings is 2. The van der Waals surface area contributed by atoms with Gasteiger partial charge in [0.2, 0.25) is 5.91 Å². The Hall–Kier alpha value is -2.62. The number of H-pyrrole nitrogens is 1. The topological polar surface area (TPSA) is 57.8 Å². The Morgan fingerprint density at radius 1 is 1.04 bits per heavy atom. The molecule has 23 heavy (non-hydrogen) atoms. The maximum Gasteiger partial charge on any atom is 0.228 e. The first kappa shape index (κ1) is 15.3. The standard InChI is InChI=1S/C19H21N3O/c1-11(2)19(23)20-18-16-6-5-14(10-17(16)21-22-18)15-8-12(3)7-13(4)9-15/h5-11H,1-4H3,(H2,20,21,22,23). The van der Waals surface area contributed by atoms with Gasteiger partial charge >= 0.3 is 0 Å². The quantitative estimate of drug-likeness (QED) is 0.751. The van der Waals surface area contributed by atoms with Crippen LogP contribution in [0.25, 0.3) is 22.0 Å². The summed E-state index contributed by atoms with van der Waals surface area (Å²) in [6, 6.07) is 12.6. The summed E-state index contributed by atoms with van der Waals surface area (Å²) in [4.78, 5) is 11.9. The largest absolute Gasteiger partial charge is 0.308 e. The van der Waals surface area contributed by atoms with E-state index >= 15 is 0 Å². The fourth-order valence-corrected chi connectivity index (χ4v) is 2.70. The first-order valence-corrected chi connectivity index (χ1v) is 7.81. The fraction of sp³-hybridized carbons (Fsp3) is 0.263. The molecule has 0 aliphatic carbocycles. The summed E-state index contributed by atoms with van der Waals surface area (Å²) in [6.07, 6.45) is 0. The molecule has 1 heterocycles. The van der Waals surface area contributed by atoms with E-state index in [1.807, 2.05) is 19.9 Å². The Balaban J connectivity index is 1.99. The number of fused-ring (bicyclic) bond motifs is 1. The Bertz CT molecular complexity index is 857. The molecule has 4 heteroatoms. The lowest BCUT2D eigenvalue weighted by Gasteiger charge is -2.07. The van der Waals surface area contributed by atoms with Crippen LogP contribution >= 0.6 is 0 Å². The summed E-state index contributed by atoms with van der Waals surface area (Å²) < 4.78 is 0. The molecular weight excluding hydrogens is 286 g/mol. The number of nitrogens with one attached hydrogen (secondary N) is 2. The molecule has 0 aliphatic rings. The van der Waals surface area contributed by atoms with Crippen LogP contribution in [0.1, 0.15) is 25.0 Å². The molecule has 0 saturated heterocycles. The smallest absolute Gasteiger partial charge is 0.228 e. The van der Waals surface area contributed by atoms with Crippen molar-refractivity contribution in [1.29, 1.82) is 0 Å². The number of carbonyl (C=O) groups excluding carboxylic acids is 1. The van der Waals surface area contributed by atoms with E-state index < -0.39 is 0 Å². The number of aromatic amines is 1. The zero-order valence-electron chi connectivity index (χ0n) is 13.9. The normalized spacial score (nSPS) is 11.2. The molecule has 0 spiro atoms. The van der Waals surface area contributed by atoms with Gasteiger partial charge < -0.3 is 5.32 Å². The number of aromatic nitrogens is 2. The van der Waals surface area contributed by atoms with Gasteiger partial charge in [0.1, 0.15) is 0 Å². The van der Waals surface area contributed by atoms with Crippen molar-refractivity contribution in [1.82, 2.24) is 10.2 Å². The second-order valence-electron chi connectivity index (χ2n) is 6.35. The van der Waals surface area contributed by atoms with Crippen LogP contribution in [0.5, 0.6) is 0 Å². The van der Waals surface area contributed by atoms with E-state index in [1.165, 1.54) is 16.7 Å². The zero-order chi connectivity index (χ0) is 16.6. The molecule has 2 N–H and O–H groups in total. The molecule has 3 rings (SSSR count). The highest BCUT2D eigenvalue weighted by Gasteiger charge is 2.12. The number of nitrogens with zero attached hydrogens (tertiary/aromatic N) is 1. The third-order valence-corrected chi connectivity index (χ3v) is 3.88. The van der Waals surface area contributed by atoms with E-state index in [0.717, 1.165) is 16.5 Å². The van der Waals surface area contributed by atoms with E-state index in [1.54, 1.807) is 0 Å². The van der Waals surface area contributed by atoms with Crippen LogP contribution in [0.2, 0.25) is 0 Å². The van der Waals surface area contributed by atoms with E-state index in [0.29, 0.717) is 5.82 Å². The van der Waals surface area contributed by atoms with Gasteiger partial charge in [-0.05, 0) is 37.1 Å². The maximum absolute atomic E-state index is 11.9. The summed E-state index contributed by atoms with van der Waals surface area (Å²) in [6.45, 7) is 7.93. The fourth-order valence-electron chi connectivity index (χ4n) is 2.70. The number of aryl methyl sites for hydroxylation is 2. The van der Waals surface area contributed by atoms with Crippen LogP contribution < -0.4 is 5.32 Å². The number of carbonyl (C=O) groups is 1. The molecule has 0 aliphatic heterocycles. The van der Waals surface area contributed by atoms with Gasteiger partial charge in [-0.1, -0.05) is 49.2 Å². The SMILES string of the molecule is Cc1cc(C)cc(-c2ccc3c(NC(=O)C(C)C)n[nH]c3c2)c1. The van der Waals surface area contributed by atoms with Gasteiger partial charge in [-0.15, -0.1) is 0 Å². The molecule has 0 bridgehead atoms. The van der Waals surface area contributed by atoms with Crippen LogP contribution in [-0.4, -0.2) is 16.1 Å². The zero-order valence-corrected chi connectivity index (χ0v) is 13.9. The molecule has 1 amide bonds. The minimum Gasteiger partial charge on any atom is -0.308 e. The van der Waals surface area contributed by atoms with Crippen molar-refractivity contribution in [2.75, 3.05) is 5.32 Å². The van der Waals surface area contributed by atoms with Gasteiger partial charge in [0.05, 0.1) is 5.52 Å². The number of hydrogen-bond acceptors (Lipinski definition) is 2. The Labute approximate surface area is 135 Å². The second-order valence-corrected chi connectivity index (χ2v) is 6.35. The highest BCUT2D eigenvalue weighted by atomic mass is 16.1. The maximum atomic E-state index is 11.9. The van der Waals surface area contributed by atoms with E-state index in [4.69, 9.17) is 0 Å². The van der Waals surface area contributed by atoms with Gasteiger partial charge in [-0.2, -0.15) is 5.10 Å². The number of anilines is 1. The highest BCUT2D eigenvalue weighted by Crippen LogP contribution is 2.28. The van der Waals surface area contributed by atoms with Crippen LogP contribution in [0, 0.1) is 19.8 Å². The van der Waals surface area contributed by atoms with Gasteiger partial charge in [0.15, 0.2) is 5.82 Å². The number of amides is 1. The van der Waals surface area contributed by atoms with E-state index in [2.05, 4.69) is 59.7 Å². The van der Waals surface area contributed by atoms with Crippen molar-refractivity contribution in [2.45, 2.75) is 27.7 Å². The van der Waals surface area contributed by atoms with E-state index in [-0.39, 0.29) is 11.8 Å². The van der Waals surface area contributed by atoms with Crippen LogP contribution in [0.3, 0.4) is 0 Å². The summed E-state index contributed by atoms with van der Waals surface area (Å²) in [7, 11) is 0. The average molecular weight is 307 g/mol. The Morgan fingerprint density at radius 3 is 2.39 bits per heavy atom. The first-order valence-electron chi connectivity index (χ1n) is 7.81. The molecule has 4 nitrogen and oxygen atoms in total. The van der Waals surface area contributed by atoms with Gasteiger partial charge in [-0.3, -0.25) is 9.89 Å². The van der Waals surface area contributed by atoms with Crippen LogP contribution in [0.15, 0.2) is 36.4 Å². The molecule has 118 valence electrons. The van der Waals surface area contributed by atoms with Crippen molar-refractivity contribution in [3.63, 3.8) is 0 Å². The molecular formula is C19H21N3O. The number of rotatable bonds is 3. The first-order chi connectivity index (χ1) is 10.9. The third-order valence-electron chi connectivity index (χ3n) is 3.88. The molecule has 1 aromatic heterocycles. The molecule has 2 aromatic carbocycles. The van der Waals surface area contributed by atoms with Crippen molar-refractivity contribution < 1.29 is 4.79 Å². The van der Waals surface area contributed by atoms with Crippen molar-refractivity contribution in [3.05, 3.63) is 47.5 Å². The van der Waals surface area contributed by atoms with Gasteiger partial charge in [0, 0.05) is 11.3 Å². The molecule has 0 unspecified atom stereocenters. The molecule has 0 fully saturated rings. The lowest BCUT2D eigenvalue weighted by molar-refractivity contribution is -0.118. The molecule has 0 atom stereocenters. The van der Waals surface area contributed by atoms with Crippen molar-refractivity contribution in [2.24, 2.45) is 5.92 Å². The minimum absolute atomic E-state index is 0.0308. The highest BCUT2D eigenvalue weighted by molar-refractivity contribution is 6.01. The van der Waals surface area contributed by atoms with Crippen molar-refractivity contribution in [3.8, 4) is 11.1 Å². The molecule has 3 aromatic rings. The lowest BCUT2D eigenvalue weighted by atomic mass is 10.00. The van der Waals surface area contributed by atoms with Crippen molar-refractivity contribution >= 4 is 22.6 Å². The summed E-state index contributed by atoms with van der Waals surface area (Å²) in [5, 5.41) is 11.0. The van der Waals surface area contributed by atoms with E-state index in [9.17, 15) is 4.79 Å². The predicted octanol–water partition coefficient (Wildman–Crippen LogP) is 4.44. The predicted molar refractivity (Wildman–Crippen MR) is 94.5 cm³/mol. The summed E-state index contributed by atoms with van der Waals surface area (Å²) in [5.74, 6) is 0.485. The Morgan fingerprint density at radius 2 is 1.74 bits per heavy atom. The van der Waals surface area contributed by atoms with Crippen LogP contribution in [-0.2, 0) is 4.79 Å². The average Bonchev–Trinajstić information content (AvgIpc) is 2.88.